The number of carbonyl (C=O) groups excluding carboxylic acids is 1. The molecule has 0 saturated carbocycles. The summed E-state index contributed by atoms with van der Waals surface area (Å²) in [7, 11) is 1.52. The molecule has 1 amide bonds. The lowest BCUT2D eigenvalue weighted by Gasteiger charge is -2.49. The number of hydrogen-bond donors (Lipinski definition) is 1. The van der Waals surface area contributed by atoms with E-state index in [1.807, 2.05) is 0 Å². The maximum absolute atomic E-state index is 15.0. The maximum atomic E-state index is 15.0. The Hall–Kier alpha value is -3.03. The normalized spacial score (nSPS) is 25.0. The van der Waals surface area contributed by atoms with Crippen molar-refractivity contribution in [3.63, 3.8) is 0 Å². The van der Waals surface area contributed by atoms with Crippen LogP contribution in [0.25, 0.3) is 0 Å². The fraction of sp³-hybridized carbons (Fsp3) is 0.391. The average Bonchev–Trinajstić information content (AvgIpc) is 2.75. The summed E-state index contributed by atoms with van der Waals surface area (Å²) >= 11 is 0. The van der Waals surface area contributed by atoms with Gasteiger partial charge in [0.05, 0.1) is 6.04 Å². The van der Waals surface area contributed by atoms with Crippen LogP contribution in [0.4, 0.5) is 18.9 Å². The number of piperidine rings is 1. The topological polar surface area (TPSA) is 61.9 Å². The molecule has 1 saturated heterocycles. The summed E-state index contributed by atoms with van der Waals surface area (Å²) in [6.07, 6.45) is 1.18. The predicted molar refractivity (Wildman–Crippen MR) is 113 cm³/mol. The lowest BCUT2D eigenvalue weighted by atomic mass is 9.61. The van der Waals surface area contributed by atoms with Crippen LogP contribution < -0.4 is 10.6 Å². The lowest BCUT2D eigenvalue weighted by Crippen LogP contribution is -2.63. The highest BCUT2D eigenvalue weighted by atomic mass is 19.1. The first-order chi connectivity index (χ1) is 14.7. The molecule has 2 aromatic rings. The molecule has 5 nitrogen and oxygen atoms in total. The van der Waals surface area contributed by atoms with Gasteiger partial charge in [0.2, 0.25) is 5.91 Å². The summed E-state index contributed by atoms with van der Waals surface area (Å²) in [5.41, 5.74) is 5.68. The van der Waals surface area contributed by atoms with Gasteiger partial charge < -0.3 is 10.6 Å². The van der Waals surface area contributed by atoms with Crippen LogP contribution in [-0.2, 0) is 10.2 Å². The minimum Gasteiger partial charge on any atom is -0.372 e. The Morgan fingerprint density at radius 3 is 2.26 bits per heavy atom. The van der Waals surface area contributed by atoms with Gasteiger partial charge in [-0.3, -0.25) is 9.69 Å². The van der Waals surface area contributed by atoms with Crippen LogP contribution in [0.1, 0.15) is 25.3 Å². The Bertz CT molecular complexity index is 1020. The zero-order valence-electron chi connectivity index (χ0n) is 17.5. The first-order valence-corrected chi connectivity index (χ1v) is 10.3. The van der Waals surface area contributed by atoms with Gasteiger partial charge in [-0.15, -0.1) is 0 Å². The van der Waals surface area contributed by atoms with E-state index in [-0.39, 0.29) is 29.2 Å². The number of halogens is 3. The number of nitrogens with two attached hydrogens (primary N) is 1. The van der Waals surface area contributed by atoms with Crippen LogP contribution in [0.3, 0.4) is 0 Å². The van der Waals surface area contributed by atoms with Crippen LogP contribution >= 0.6 is 0 Å². The quantitative estimate of drug-likeness (QED) is 0.812. The van der Waals surface area contributed by atoms with Crippen molar-refractivity contribution in [1.82, 2.24) is 4.90 Å². The first-order valence-electron chi connectivity index (χ1n) is 10.3. The zero-order valence-corrected chi connectivity index (χ0v) is 17.5. The van der Waals surface area contributed by atoms with Crippen LogP contribution in [0.2, 0.25) is 0 Å². The molecule has 164 valence electrons. The highest BCUT2D eigenvalue weighted by Gasteiger charge is 2.56. The zero-order chi connectivity index (χ0) is 22.3. The third-order valence-corrected chi connectivity index (χ3v) is 6.69. The molecule has 2 N–H and O–H groups in total. The predicted octanol–water partition coefficient (Wildman–Crippen LogP) is 3.43. The number of aliphatic imine (C=N–C) groups is 1. The monoisotopic (exact) mass is 430 g/mol. The van der Waals surface area contributed by atoms with Gasteiger partial charge in [0.1, 0.15) is 22.9 Å². The van der Waals surface area contributed by atoms with Gasteiger partial charge in [-0.25, -0.2) is 18.2 Å². The molecule has 2 atom stereocenters. The van der Waals surface area contributed by atoms with E-state index in [9.17, 15) is 13.6 Å². The Labute approximate surface area is 179 Å². The molecule has 4 rings (SSSR count). The number of likely N-dealkylation sites (N-methyl/N-ethyl adjacent to an activating group) is 1. The SMILES string of the molecule is C[C@@H]1N=C(N)N(C)C(=O)[C@@]1(c1ccc(F)cc1F)C1CCN(c2ccc(F)cc2)CC1. The molecule has 0 unspecified atom stereocenters. The molecule has 8 heteroatoms. The Balaban J connectivity index is 1.73. The maximum Gasteiger partial charge on any atom is 0.242 e. The van der Waals surface area contributed by atoms with Crippen LogP contribution in [-0.4, -0.2) is 42.9 Å². The summed E-state index contributed by atoms with van der Waals surface area (Å²) < 4.78 is 42.0. The molecular weight excluding hydrogens is 405 g/mol. The lowest BCUT2D eigenvalue weighted by molar-refractivity contribution is -0.137. The standard InChI is InChI=1S/C23H25F3N4O/c1-14-23(21(31)29(2)22(27)28-14,19-8-5-17(25)13-20(19)26)15-9-11-30(12-10-15)18-6-3-16(24)4-7-18/h3-8,13-15H,9-12H2,1-2H3,(H2,27,28)/t14-,23+/m0/s1. The van der Waals surface area contributed by atoms with Crippen molar-refractivity contribution in [3.05, 3.63) is 65.5 Å². The third-order valence-electron chi connectivity index (χ3n) is 6.69. The van der Waals surface area contributed by atoms with Crippen molar-refractivity contribution in [2.45, 2.75) is 31.2 Å². The minimum atomic E-state index is -1.29. The van der Waals surface area contributed by atoms with Gasteiger partial charge in [-0.1, -0.05) is 6.07 Å². The van der Waals surface area contributed by atoms with Gasteiger partial charge >= 0.3 is 0 Å². The average molecular weight is 430 g/mol. The van der Waals surface area contributed by atoms with Crippen LogP contribution in [0, 0.1) is 23.4 Å². The number of rotatable bonds is 3. The smallest absolute Gasteiger partial charge is 0.242 e. The van der Waals surface area contributed by atoms with E-state index in [2.05, 4.69) is 9.89 Å². The second-order valence-electron chi connectivity index (χ2n) is 8.26. The van der Waals surface area contributed by atoms with Crippen molar-refractivity contribution < 1.29 is 18.0 Å². The number of carbonyl (C=O) groups is 1. The van der Waals surface area contributed by atoms with Crippen molar-refractivity contribution >= 4 is 17.6 Å². The van der Waals surface area contributed by atoms with E-state index in [4.69, 9.17) is 5.73 Å². The Morgan fingerprint density at radius 1 is 1.03 bits per heavy atom. The van der Waals surface area contributed by atoms with Gasteiger partial charge in [0, 0.05) is 37.5 Å². The van der Waals surface area contributed by atoms with Gasteiger partial charge in [0.25, 0.3) is 0 Å². The van der Waals surface area contributed by atoms with Crippen molar-refractivity contribution in [1.29, 1.82) is 0 Å². The molecule has 2 heterocycles. The molecule has 0 aliphatic carbocycles. The summed E-state index contributed by atoms with van der Waals surface area (Å²) in [5, 5.41) is 0. The Kier molecular flexibility index (Phi) is 5.41. The molecule has 2 aliphatic heterocycles. The van der Waals surface area contributed by atoms with Crippen LogP contribution in [0.15, 0.2) is 47.5 Å². The highest BCUT2D eigenvalue weighted by molar-refractivity contribution is 6.04. The van der Waals surface area contributed by atoms with Crippen molar-refractivity contribution in [2.24, 2.45) is 16.6 Å². The molecule has 1 fully saturated rings. The van der Waals surface area contributed by atoms with Crippen molar-refractivity contribution in [2.75, 3.05) is 25.0 Å². The van der Waals surface area contributed by atoms with Crippen molar-refractivity contribution in [3.8, 4) is 0 Å². The van der Waals surface area contributed by atoms with Gasteiger partial charge in [0.15, 0.2) is 5.96 Å². The fourth-order valence-corrected chi connectivity index (χ4v) is 5.09. The van der Waals surface area contributed by atoms with E-state index in [0.717, 1.165) is 11.8 Å². The Morgan fingerprint density at radius 2 is 1.65 bits per heavy atom. The van der Waals surface area contributed by atoms with E-state index >= 15 is 4.39 Å². The van der Waals surface area contributed by atoms with E-state index in [0.29, 0.717) is 25.9 Å². The largest absolute Gasteiger partial charge is 0.372 e. The number of hydrogen-bond acceptors (Lipinski definition) is 4. The molecule has 2 aromatic carbocycles. The molecule has 0 aromatic heterocycles. The second-order valence-corrected chi connectivity index (χ2v) is 8.26. The summed E-state index contributed by atoms with van der Waals surface area (Å²) in [6, 6.07) is 9.00. The number of amides is 1. The van der Waals surface area contributed by atoms with E-state index in [1.165, 1.54) is 36.2 Å². The number of anilines is 1. The molecule has 31 heavy (non-hydrogen) atoms. The summed E-state index contributed by atoms with van der Waals surface area (Å²) in [6.45, 7) is 2.99. The minimum absolute atomic E-state index is 0.0828. The van der Waals surface area contributed by atoms with Gasteiger partial charge in [-0.2, -0.15) is 0 Å². The molecule has 0 spiro atoms. The summed E-state index contributed by atoms with van der Waals surface area (Å²) in [5.74, 6) is -2.24. The molecule has 2 aliphatic rings. The molecular formula is C23H25F3N4O. The number of nitrogens with zero attached hydrogens (tertiary/aromatic N) is 3. The number of benzene rings is 2. The molecule has 0 bridgehead atoms. The number of guanidine groups is 1. The van der Waals surface area contributed by atoms with Gasteiger partial charge in [-0.05, 0) is 56.0 Å². The van der Waals surface area contributed by atoms with Crippen LogP contribution in [0.5, 0.6) is 0 Å². The summed E-state index contributed by atoms with van der Waals surface area (Å²) in [4.78, 5) is 21.5. The first kappa shape index (κ1) is 21.2. The van der Waals surface area contributed by atoms with E-state index in [1.54, 1.807) is 19.1 Å². The third kappa shape index (κ3) is 3.43. The van der Waals surface area contributed by atoms with E-state index < -0.39 is 23.1 Å². The highest BCUT2D eigenvalue weighted by Crippen LogP contribution is 2.47. The molecule has 0 radical (unpaired) electrons. The second kappa shape index (κ2) is 7.90. The fourth-order valence-electron chi connectivity index (χ4n) is 5.09.